The van der Waals surface area contributed by atoms with Crippen LogP contribution in [0.15, 0.2) is 11.6 Å². The Kier molecular flexibility index (Phi) is 5.20. The van der Waals surface area contributed by atoms with E-state index in [9.17, 15) is 4.79 Å². The van der Waals surface area contributed by atoms with Crippen LogP contribution < -0.4 is 0 Å². The smallest absolute Gasteiger partial charge is 0.410 e. The molecule has 1 fully saturated rings. The molecule has 0 aromatic rings. The molecule has 0 aromatic heterocycles. The monoisotopic (exact) mass is 255 g/mol. The van der Waals surface area contributed by atoms with Gasteiger partial charge in [0.1, 0.15) is 5.60 Å². The summed E-state index contributed by atoms with van der Waals surface area (Å²) in [6.45, 7) is 11.7. The predicted molar refractivity (Wildman–Crippen MR) is 71.6 cm³/mol. The summed E-state index contributed by atoms with van der Waals surface area (Å²) in [4.78, 5) is 13.5. The van der Waals surface area contributed by atoms with Gasteiger partial charge in [-0.25, -0.2) is 4.79 Å². The maximum Gasteiger partial charge on any atom is 0.410 e. The van der Waals surface area contributed by atoms with E-state index < -0.39 is 5.60 Å². The second-order valence-corrected chi connectivity index (χ2v) is 5.95. The highest BCUT2D eigenvalue weighted by molar-refractivity contribution is 5.68. The van der Waals surface area contributed by atoms with Gasteiger partial charge in [-0.2, -0.15) is 0 Å². The summed E-state index contributed by atoms with van der Waals surface area (Å²) in [5, 5.41) is 0. The quantitative estimate of drug-likeness (QED) is 0.728. The second-order valence-electron chi connectivity index (χ2n) is 5.95. The number of hydrogen-bond donors (Lipinski definition) is 0. The first kappa shape index (κ1) is 15.0. The van der Waals surface area contributed by atoms with E-state index in [2.05, 4.69) is 6.08 Å². The Morgan fingerprint density at radius 3 is 2.61 bits per heavy atom. The number of rotatable bonds is 3. The third-order valence-electron chi connectivity index (χ3n) is 2.62. The van der Waals surface area contributed by atoms with Crippen molar-refractivity contribution in [3.8, 4) is 0 Å². The number of hydrogen-bond acceptors (Lipinski definition) is 3. The Balaban J connectivity index is 2.32. The van der Waals surface area contributed by atoms with Gasteiger partial charge in [-0.05, 0) is 41.0 Å². The molecule has 1 atom stereocenters. The van der Waals surface area contributed by atoms with E-state index in [1.54, 1.807) is 4.90 Å². The first-order valence-electron chi connectivity index (χ1n) is 6.51. The lowest BCUT2D eigenvalue weighted by molar-refractivity contribution is 0.0234. The second kappa shape index (κ2) is 6.23. The summed E-state index contributed by atoms with van der Waals surface area (Å²) in [6, 6.07) is 0. The molecule has 4 heteroatoms. The average Bonchev–Trinajstić information content (AvgIpc) is 2.63. The normalized spacial score (nSPS) is 19.8. The molecule has 0 radical (unpaired) electrons. The van der Waals surface area contributed by atoms with Crippen LogP contribution in [-0.2, 0) is 9.47 Å². The van der Waals surface area contributed by atoms with Crippen LogP contribution in [0.1, 0.15) is 41.0 Å². The van der Waals surface area contributed by atoms with Gasteiger partial charge >= 0.3 is 6.09 Å². The van der Waals surface area contributed by atoms with Crippen molar-refractivity contribution >= 4 is 6.09 Å². The van der Waals surface area contributed by atoms with E-state index in [0.29, 0.717) is 19.7 Å². The molecular formula is C14H25NO3. The van der Waals surface area contributed by atoms with Gasteiger partial charge in [-0.1, -0.05) is 11.6 Å². The van der Waals surface area contributed by atoms with Crippen LogP contribution in [0.4, 0.5) is 4.79 Å². The fraction of sp³-hybridized carbons (Fsp3) is 0.786. The van der Waals surface area contributed by atoms with Gasteiger partial charge in [0.05, 0.1) is 19.3 Å². The van der Waals surface area contributed by atoms with Gasteiger partial charge in [0.15, 0.2) is 0 Å². The first-order chi connectivity index (χ1) is 8.28. The largest absolute Gasteiger partial charge is 0.444 e. The minimum absolute atomic E-state index is 0.133. The molecule has 1 aliphatic heterocycles. The molecule has 1 rings (SSSR count). The van der Waals surface area contributed by atoms with Crippen molar-refractivity contribution in [2.45, 2.75) is 52.7 Å². The molecule has 1 amide bonds. The summed E-state index contributed by atoms with van der Waals surface area (Å²) in [6.07, 6.45) is 2.83. The van der Waals surface area contributed by atoms with E-state index in [4.69, 9.17) is 9.47 Å². The minimum Gasteiger partial charge on any atom is -0.444 e. The lowest BCUT2D eigenvalue weighted by atomic mass is 10.2. The van der Waals surface area contributed by atoms with Crippen molar-refractivity contribution in [1.82, 2.24) is 4.90 Å². The van der Waals surface area contributed by atoms with Crippen LogP contribution in [0.2, 0.25) is 0 Å². The summed E-state index contributed by atoms with van der Waals surface area (Å²) < 4.78 is 11.0. The summed E-state index contributed by atoms with van der Waals surface area (Å²) in [5.74, 6) is 0. The number of ether oxygens (including phenoxy) is 2. The molecule has 0 aliphatic carbocycles. The Labute approximate surface area is 110 Å². The number of amides is 1. The van der Waals surface area contributed by atoms with Gasteiger partial charge in [-0.15, -0.1) is 0 Å². The molecule has 4 nitrogen and oxygen atoms in total. The molecule has 0 unspecified atom stereocenters. The molecule has 0 N–H and O–H groups in total. The maximum atomic E-state index is 11.8. The molecule has 1 heterocycles. The van der Waals surface area contributed by atoms with Gasteiger partial charge < -0.3 is 14.4 Å². The van der Waals surface area contributed by atoms with Gasteiger partial charge in [0, 0.05) is 6.54 Å². The molecular weight excluding hydrogens is 230 g/mol. The van der Waals surface area contributed by atoms with E-state index in [0.717, 1.165) is 6.42 Å². The third kappa shape index (κ3) is 5.54. The van der Waals surface area contributed by atoms with Crippen LogP contribution in [0.3, 0.4) is 0 Å². The fourth-order valence-corrected chi connectivity index (χ4v) is 1.71. The molecule has 1 saturated heterocycles. The standard InChI is InChI=1S/C14H25NO3/c1-11(2)7-9-17-12-6-8-15(10-12)13(16)18-14(3,4)5/h7,12H,6,8-10H2,1-5H3/t12-/m1/s1. The molecule has 0 saturated carbocycles. The fourth-order valence-electron chi connectivity index (χ4n) is 1.71. The zero-order valence-corrected chi connectivity index (χ0v) is 12.2. The third-order valence-corrected chi connectivity index (χ3v) is 2.62. The highest BCUT2D eigenvalue weighted by Gasteiger charge is 2.29. The van der Waals surface area contributed by atoms with Crippen molar-refractivity contribution in [3.05, 3.63) is 11.6 Å². The van der Waals surface area contributed by atoms with Gasteiger partial charge in [0.25, 0.3) is 0 Å². The highest BCUT2D eigenvalue weighted by Crippen LogP contribution is 2.17. The highest BCUT2D eigenvalue weighted by atomic mass is 16.6. The number of allylic oxidation sites excluding steroid dienone is 1. The van der Waals surface area contributed by atoms with E-state index >= 15 is 0 Å². The molecule has 104 valence electrons. The zero-order chi connectivity index (χ0) is 13.8. The van der Waals surface area contributed by atoms with Crippen molar-refractivity contribution in [2.24, 2.45) is 0 Å². The molecule has 18 heavy (non-hydrogen) atoms. The van der Waals surface area contributed by atoms with Gasteiger partial charge in [0.2, 0.25) is 0 Å². The number of carbonyl (C=O) groups excluding carboxylic acids is 1. The number of nitrogens with zero attached hydrogens (tertiary/aromatic N) is 1. The van der Waals surface area contributed by atoms with Gasteiger partial charge in [-0.3, -0.25) is 0 Å². The molecule has 0 aromatic carbocycles. The van der Waals surface area contributed by atoms with Crippen LogP contribution in [0.5, 0.6) is 0 Å². The Morgan fingerprint density at radius 2 is 2.06 bits per heavy atom. The summed E-state index contributed by atoms with van der Waals surface area (Å²) in [5.41, 5.74) is 0.815. The average molecular weight is 255 g/mol. The van der Waals surface area contributed by atoms with Crippen molar-refractivity contribution in [2.75, 3.05) is 19.7 Å². The van der Waals surface area contributed by atoms with E-state index in [-0.39, 0.29) is 12.2 Å². The lowest BCUT2D eigenvalue weighted by Gasteiger charge is -2.24. The van der Waals surface area contributed by atoms with Crippen LogP contribution >= 0.6 is 0 Å². The van der Waals surface area contributed by atoms with Crippen LogP contribution in [0, 0.1) is 0 Å². The summed E-state index contributed by atoms with van der Waals surface area (Å²) >= 11 is 0. The Bertz CT molecular complexity index is 313. The molecule has 0 bridgehead atoms. The van der Waals surface area contributed by atoms with Crippen molar-refractivity contribution in [1.29, 1.82) is 0 Å². The Morgan fingerprint density at radius 1 is 1.39 bits per heavy atom. The summed E-state index contributed by atoms with van der Waals surface area (Å²) in [7, 11) is 0. The van der Waals surface area contributed by atoms with Crippen LogP contribution in [0.25, 0.3) is 0 Å². The van der Waals surface area contributed by atoms with Crippen molar-refractivity contribution in [3.63, 3.8) is 0 Å². The predicted octanol–water partition coefficient (Wildman–Crippen LogP) is 2.98. The number of carbonyl (C=O) groups is 1. The maximum absolute atomic E-state index is 11.8. The Hall–Kier alpha value is -1.03. The lowest BCUT2D eigenvalue weighted by Crippen LogP contribution is -2.36. The van der Waals surface area contributed by atoms with Crippen molar-refractivity contribution < 1.29 is 14.3 Å². The van der Waals surface area contributed by atoms with Crippen LogP contribution in [-0.4, -0.2) is 42.4 Å². The molecule has 0 spiro atoms. The first-order valence-corrected chi connectivity index (χ1v) is 6.51. The van der Waals surface area contributed by atoms with E-state index in [1.165, 1.54) is 5.57 Å². The SMILES string of the molecule is CC(C)=CCO[C@@H]1CCN(C(=O)OC(C)(C)C)C1. The zero-order valence-electron chi connectivity index (χ0n) is 12.2. The van der Waals surface area contributed by atoms with E-state index in [1.807, 2.05) is 34.6 Å². The molecule has 1 aliphatic rings. The number of likely N-dealkylation sites (tertiary alicyclic amines) is 1. The minimum atomic E-state index is -0.432. The topological polar surface area (TPSA) is 38.8 Å².